The molecule has 1 aromatic rings. The average Bonchev–Trinajstić information content (AvgIpc) is 2.55. The quantitative estimate of drug-likeness (QED) is 0.468. The van der Waals surface area contributed by atoms with E-state index < -0.39 is 0 Å². The Morgan fingerprint density at radius 1 is 1.29 bits per heavy atom. The molecule has 0 aromatic heterocycles. The van der Waals surface area contributed by atoms with Gasteiger partial charge < -0.3 is 14.8 Å². The summed E-state index contributed by atoms with van der Waals surface area (Å²) in [5.74, 6) is 0.920. The van der Waals surface area contributed by atoms with E-state index in [-0.39, 0.29) is 24.8 Å². The van der Waals surface area contributed by atoms with Crippen LogP contribution in [0, 0.1) is 0 Å². The first kappa shape index (κ1) is 23.7. The summed E-state index contributed by atoms with van der Waals surface area (Å²) >= 11 is 3.52. The van der Waals surface area contributed by atoms with E-state index in [2.05, 4.69) is 38.8 Å². The molecule has 0 saturated carbocycles. The first-order chi connectivity index (χ1) is 10.8. The summed E-state index contributed by atoms with van der Waals surface area (Å²) in [5, 5.41) is 3.50. The lowest BCUT2D eigenvalue weighted by molar-refractivity contribution is 0.0374. The van der Waals surface area contributed by atoms with E-state index in [1.165, 1.54) is 5.56 Å². The predicted molar refractivity (Wildman–Crippen MR) is 108 cm³/mol. The number of nitrogens with one attached hydrogen (secondary N) is 1. The van der Waals surface area contributed by atoms with Crippen molar-refractivity contribution in [2.24, 2.45) is 0 Å². The normalized spacial score (nSPS) is 14.4. The summed E-state index contributed by atoms with van der Waals surface area (Å²) in [6.07, 6.45) is 2.92. The van der Waals surface area contributed by atoms with Gasteiger partial charge in [-0.05, 0) is 37.7 Å². The summed E-state index contributed by atoms with van der Waals surface area (Å²) in [6, 6.07) is 6.10. The minimum absolute atomic E-state index is 0. The van der Waals surface area contributed by atoms with Crippen molar-refractivity contribution in [2.75, 3.05) is 46.0 Å². The Hall–Kier alpha value is -0.300. The van der Waals surface area contributed by atoms with Crippen molar-refractivity contribution in [1.29, 1.82) is 0 Å². The van der Waals surface area contributed by atoms with Crippen LogP contribution in [0.5, 0.6) is 5.75 Å². The lowest BCUT2D eigenvalue weighted by Crippen LogP contribution is -2.37. The number of ether oxygens (including phenoxy) is 2. The fourth-order valence-electron chi connectivity index (χ4n) is 2.45. The van der Waals surface area contributed by atoms with Crippen LogP contribution in [0.15, 0.2) is 35.3 Å². The molecule has 0 atom stereocenters. The summed E-state index contributed by atoms with van der Waals surface area (Å²) in [5.41, 5.74) is 1.17. The highest BCUT2D eigenvalue weighted by Gasteiger charge is 2.09. The molecule has 1 aromatic carbocycles. The van der Waals surface area contributed by atoms with E-state index in [1.807, 2.05) is 12.1 Å². The minimum atomic E-state index is 0. The van der Waals surface area contributed by atoms with Gasteiger partial charge in [-0.3, -0.25) is 4.90 Å². The molecule has 0 spiro atoms. The van der Waals surface area contributed by atoms with Crippen LogP contribution in [0.1, 0.15) is 12.0 Å². The van der Waals surface area contributed by atoms with Gasteiger partial charge in [0.25, 0.3) is 0 Å². The SMILES string of the molecule is C=CCOc1ccc(Br)cc1CNCCCN1CCOCC1.Cl.Cl. The fourth-order valence-corrected chi connectivity index (χ4v) is 2.86. The van der Waals surface area contributed by atoms with Gasteiger partial charge in [-0.15, -0.1) is 24.8 Å². The van der Waals surface area contributed by atoms with Gasteiger partial charge >= 0.3 is 0 Å². The van der Waals surface area contributed by atoms with E-state index in [0.717, 1.165) is 62.6 Å². The third-order valence-corrected chi connectivity index (χ3v) is 4.12. The molecule has 4 nitrogen and oxygen atoms in total. The van der Waals surface area contributed by atoms with Gasteiger partial charge in [-0.1, -0.05) is 28.6 Å². The lowest BCUT2D eigenvalue weighted by Gasteiger charge is -2.26. The number of nitrogens with zero attached hydrogens (tertiary/aromatic N) is 1. The maximum Gasteiger partial charge on any atom is 0.124 e. The van der Waals surface area contributed by atoms with Crippen LogP contribution in [0.25, 0.3) is 0 Å². The van der Waals surface area contributed by atoms with E-state index in [4.69, 9.17) is 9.47 Å². The number of rotatable bonds is 9. The molecule has 2 rings (SSSR count). The summed E-state index contributed by atoms with van der Waals surface area (Å²) in [7, 11) is 0. The maximum absolute atomic E-state index is 5.69. The van der Waals surface area contributed by atoms with Crippen LogP contribution in [-0.4, -0.2) is 50.9 Å². The Labute approximate surface area is 165 Å². The summed E-state index contributed by atoms with van der Waals surface area (Å²) in [4.78, 5) is 2.46. The van der Waals surface area contributed by atoms with E-state index in [9.17, 15) is 0 Å². The highest BCUT2D eigenvalue weighted by molar-refractivity contribution is 9.10. The van der Waals surface area contributed by atoms with Gasteiger partial charge in [0.1, 0.15) is 12.4 Å². The molecule has 24 heavy (non-hydrogen) atoms. The van der Waals surface area contributed by atoms with Gasteiger partial charge in [0.2, 0.25) is 0 Å². The van der Waals surface area contributed by atoms with Crippen LogP contribution in [-0.2, 0) is 11.3 Å². The van der Waals surface area contributed by atoms with Crippen molar-refractivity contribution < 1.29 is 9.47 Å². The molecule has 1 saturated heterocycles. The molecule has 7 heteroatoms. The molecule has 0 amide bonds. The molecular formula is C17H27BrCl2N2O2. The van der Waals surface area contributed by atoms with Crippen molar-refractivity contribution in [2.45, 2.75) is 13.0 Å². The Morgan fingerprint density at radius 3 is 2.75 bits per heavy atom. The van der Waals surface area contributed by atoms with Gasteiger partial charge in [-0.2, -0.15) is 0 Å². The van der Waals surface area contributed by atoms with E-state index in [1.54, 1.807) is 6.08 Å². The molecule has 1 heterocycles. The second-order valence-electron chi connectivity index (χ2n) is 5.34. The fraction of sp³-hybridized carbons (Fsp3) is 0.529. The Morgan fingerprint density at radius 2 is 2.04 bits per heavy atom. The highest BCUT2D eigenvalue weighted by atomic mass is 79.9. The molecule has 1 fully saturated rings. The number of halogens is 3. The molecule has 0 bridgehead atoms. The van der Waals surface area contributed by atoms with Crippen LogP contribution >= 0.6 is 40.7 Å². The molecule has 0 radical (unpaired) electrons. The molecule has 138 valence electrons. The summed E-state index contributed by atoms with van der Waals surface area (Å²) < 4.78 is 12.1. The highest BCUT2D eigenvalue weighted by Crippen LogP contribution is 2.23. The molecule has 1 aliphatic heterocycles. The van der Waals surface area contributed by atoms with Crippen LogP contribution in [0.3, 0.4) is 0 Å². The topological polar surface area (TPSA) is 33.7 Å². The first-order valence-electron chi connectivity index (χ1n) is 7.82. The molecule has 0 aliphatic carbocycles. The molecule has 0 unspecified atom stereocenters. The van der Waals surface area contributed by atoms with Gasteiger partial charge in [-0.25, -0.2) is 0 Å². The Balaban J connectivity index is 0.00000264. The molecule has 1 N–H and O–H groups in total. The van der Waals surface area contributed by atoms with Crippen LogP contribution in [0.4, 0.5) is 0 Å². The zero-order chi connectivity index (χ0) is 15.6. The number of hydrogen-bond acceptors (Lipinski definition) is 4. The second kappa shape index (κ2) is 13.9. The van der Waals surface area contributed by atoms with Gasteiger partial charge in [0.05, 0.1) is 13.2 Å². The van der Waals surface area contributed by atoms with Crippen molar-refractivity contribution in [3.05, 3.63) is 40.9 Å². The third kappa shape index (κ3) is 8.70. The monoisotopic (exact) mass is 440 g/mol. The second-order valence-corrected chi connectivity index (χ2v) is 6.25. The Bertz CT molecular complexity index is 472. The predicted octanol–water partition coefficient (Wildman–Crippen LogP) is 3.67. The van der Waals surface area contributed by atoms with E-state index >= 15 is 0 Å². The van der Waals surface area contributed by atoms with Crippen LogP contribution in [0.2, 0.25) is 0 Å². The zero-order valence-electron chi connectivity index (χ0n) is 13.8. The van der Waals surface area contributed by atoms with Crippen molar-refractivity contribution >= 4 is 40.7 Å². The lowest BCUT2D eigenvalue weighted by atomic mass is 10.2. The number of morpholine rings is 1. The standard InChI is InChI=1S/C17H25BrN2O2.2ClH/c1-2-10-22-17-5-4-16(18)13-15(17)14-19-6-3-7-20-8-11-21-12-9-20;;/h2,4-5,13,19H,1,3,6-12,14H2;2*1H. The van der Waals surface area contributed by atoms with E-state index in [0.29, 0.717) is 6.61 Å². The number of benzene rings is 1. The zero-order valence-corrected chi connectivity index (χ0v) is 17.1. The smallest absolute Gasteiger partial charge is 0.124 e. The van der Waals surface area contributed by atoms with Crippen molar-refractivity contribution in [3.8, 4) is 5.75 Å². The van der Waals surface area contributed by atoms with Crippen LogP contribution < -0.4 is 10.1 Å². The largest absolute Gasteiger partial charge is 0.489 e. The Kier molecular flexibility index (Phi) is 13.8. The van der Waals surface area contributed by atoms with Gasteiger partial charge in [0.15, 0.2) is 0 Å². The molecule has 1 aliphatic rings. The maximum atomic E-state index is 5.69. The van der Waals surface area contributed by atoms with Crippen molar-refractivity contribution in [1.82, 2.24) is 10.2 Å². The van der Waals surface area contributed by atoms with Gasteiger partial charge in [0, 0.05) is 29.7 Å². The molecular weight excluding hydrogens is 415 g/mol. The third-order valence-electron chi connectivity index (χ3n) is 3.63. The first-order valence-corrected chi connectivity index (χ1v) is 8.62. The summed E-state index contributed by atoms with van der Waals surface area (Å²) in [6.45, 7) is 11.0. The minimum Gasteiger partial charge on any atom is -0.489 e. The number of hydrogen-bond donors (Lipinski definition) is 1. The average molecular weight is 442 g/mol. The van der Waals surface area contributed by atoms with Crippen molar-refractivity contribution in [3.63, 3.8) is 0 Å².